The predicted molar refractivity (Wildman–Crippen MR) is 143 cm³/mol. The van der Waals surface area contributed by atoms with Crippen LogP contribution >= 0.6 is 15.9 Å². The van der Waals surface area contributed by atoms with E-state index in [0.717, 1.165) is 64.3 Å². The summed E-state index contributed by atoms with van der Waals surface area (Å²) in [5.41, 5.74) is 3.47. The zero-order valence-corrected chi connectivity index (χ0v) is 22.5. The molecule has 8 nitrogen and oxygen atoms in total. The SMILES string of the molecule is O=C(NC12[C@@H]3CC4C[C@H]1CC2(C4)C3)N1CCCC(c2cc(NCc3cccnc3)n3ncc(Br)c3n2)C1. The van der Waals surface area contributed by atoms with E-state index in [2.05, 4.69) is 53.7 Å². The summed E-state index contributed by atoms with van der Waals surface area (Å²) in [6, 6.07) is 6.27. The van der Waals surface area contributed by atoms with Gasteiger partial charge in [-0.15, -0.1) is 0 Å². The van der Waals surface area contributed by atoms with Gasteiger partial charge in [-0.05, 0) is 95.7 Å². The zero-order chi connectivity index (χ0) is 24.8. The van der Waals surface area contributed by atoms with Crippen molar-refractivity contribution in [1.82, 2.24) is 29.8 Å². The number of urea groups is 1. The smallest absolute Gasteiger partial charge is 0.317 e. The molecule has 1 spiro atoms. The topological polar surface area (TPSA) is 87.5 Å². The summed E-state index contributed by atoms with van der Waals surface area (Å²) in [5, 5.41) is 11.7. The molecule has 7 aliphatic carbocycles. The summed E-state index contributed by atoms with van der Waals surface area (Å²) < 4.78 is 2.71. The van der Waals surface area contributed by atoms with E-state index < -0.39 is 0 Å². The number of anilines is 1. The first-order valence-electron chi connectivity index (χ1n) is 13.8. The van der Waals surface area contributed by atoms with E-state index in [1.54, 1.807) is 12.4 Å². The number of likely N-dealkylation sites (tertiary alicyclic amines) is 1. The molecule has 4 unspecified atom stereocenters. The first kappa shape index (κ1) is 22.3. The summed E-state index contributed by atoms with van der Waals surface area (Å²) in [4.78, 5) is 25.0. The minimum Gasteiger partial charge on any atom is -0.366 e. The first-order chi connectivity index (χ1) is 18.0. The third kappa shape index (κ3) is 3.12. The minimum atomic E-state index is 0.120. The van der Waals surface area contributed by atoms with Gasteiger partial charge >= 0.3 is 6.03 Å². The molecule has 8 fully saturated rings. The van der Waals surface area contributed by atoms with Gasteiger partial charge in [-0.25, -0.2) is 9.78 Å². The molecule has 1 aliphatic heterocycles. The maximum atomic E-state index is 13.7. The lowest BCUT2D eigenvalue weighted by Crippen LogP contribution is -2.88. The van der Waals surface area contributed by atoms with Crippen molar-refractivity contribution in [2.45, 2.75) is 62.9 Å². The molecule has 5 bridgehead atoms. The molecule has 6 atom stereocenters. The van der Waals surface area contributed by atoms with Gasteiger partial charge in [0.15, 0.2) is 5.65 Å². The number of hydrogen-bond acceptors (Lipinski definition) is 5. The highest BCUT2D eigenvalue weighted by molar-refractivity contribution is 9.10. The van der Waals surface area contributed by atoms with Gasteiger partial charge in [-0.2, -0.15) is 9.61 Å². The maximum Gasteiger partial charge on any atom is 0.317 e. The van der Waals surface area contributed by atoms with E-state index in [4.69, 9.17) is 4.98 Å². The van der Waals surface area contributed by atoms with Gasteiger partial charge in [0.1, 0.15) is 5.82 Å². The van der Waals surface area contributed by atoms with Gasteiger partial charge in [-0.1, -0.05) is 6.07 Å². The molecule has 7 saturated carbocycles. The molecule has 4 heterocycles. The molecule has 0 radical (unpaired) electrons. The highest BCUT2D eigenvalue weighted by Gasteiger charge is 2.81. The number of rotatable bonds is 5. The second-order valence-electron chi connectivity index (χ2n) is 12.2. The summed E-state index contributed by atoms with van der Waals surface area (Å²) in [7, 11) is 0. The molecule has 2 amide bonds. The van der Waals surface area contributed by atoms with Crippen LogP contribution in [0.2, 0.25) is 0 Å². The van der Waals surface area contributed by atoms with Crippen LogP contribution < -0.4 is 10.6 Å². The largest absolute Gasteiger partial charge is 0.366 e. The van der Waals surface area contributed by atoms with Gasteiger partial charge in [0, 0.05) is 44.0 Å². The molecule has 3 aromatic rings. The Morgan fingerprint density at radius 2 is 2.05 bits per heavy atom. The standard InChI is InChI=1S/C28H32BrN7O/c29-22-15-32-36-24(31-14-17-3-1-5-30-13-17)9-23(33-25(22)36)19-4-2-6-35(16-19)26(37)34-28-20-7-18-8-21(28)12-27(28,10-18)11-20/h1,3,5,9,13,15,18-21,31H,2,4,6-8,10-12,14,16H2,(H,34,37)/t18?,19?,20-,21+,27?,28?. The third-order valence-corrected chi connectivity index (χ3v) is 11.0. The Morgan fingerprint density at radius 3 is 2.84 bits per heavy atom. The average molecular weight is 563 g/mol. The number of pyridine rings is 1. The molecular formula is C28H32BrN7O. The number of nitrogens with one attached hydrogen (secondary N) is 2. The number of carbonyl (C=O) groups excluding carboxylic acids is 1. The van der Waals surface area contributed by atoms with Crippen molar-refractivity contribution in [3.05, 3.63) is 52.5 Å². The molecule has 0 aromatic carbocycles. The second kappa shape index (κ2) is 7.91. The molecule has 192 valence electrons. The van der Waals surface area contributed by atoms with Gasteiger partial charge in [-0.3, -0.25) is 4.98 Å². The second-order valence-corrected chi connectivity index (χ2v) is 13.1. The number of fused-ring (bicyclic) bond motifs is 1. The Labute approximate surface area is 224 Å². The van der Waals surface area contributed by atoms with E-state index in [0.29, 0.717) is 18.5 Å². The van der Waals surface area contributed by atoms with E-state index in [-0.39, 0.29) is 17.5 Å². The number of amides is 2. The lowest BCUT2D eigenvalue weighted by molar-refractivity contribution is -0.306. The Morgan fingerprint density at radius 1 is 1.19 bits per heavy atom. The van der Waals surface area contributed by atoms with Crippen LogP contribution in [-0.2, 0) is 6.54 Å². The molecule has 8 aliphatic rings. The lowest BCUT2D eigenvalue weighted by atomic mass is 9.24. The van der Waals surface area contributed by atoms with Crippen LogP contribution in [0, 0.1) is 23.2 Å². The third-order valence-electron chi connectivity index (χ3n) is 10.4. The van der Waals surface area contributed by atoms with Crippen LogP contribution in [0.1, 0.15) is 62.1 Å². The highest BCUT2D eigenvalue weighted by atomic mass is 79.9. The van der Waals surface area contributed by atoms with Gasteiger partial charge < -0.3 is 15.5 Å². The molecule has 37 heavy (non-hydrogen) atoms. The molecular weight excluding hydrogens is 530 g/mol. The molecule has 11 rings (SSSR count). The van der Waals surface area contributed by atoms with E-state index >= 15 is 0 Å². The summed E-state index contributed by atoms with van der Waals surface area (Å²) in [6.07, 6.45) is 14.2. The Kier molecular flexibility index (Phi) is 4.77. The predicted octanol–water partition coefficient (Wildman–Crippen LogP) is 4.97. The number of hydrogen-bond donors (Lipinski definition) is 2. The zero-order valence-electron chi connectivity index (χ0n) is 20.9. The van der Waals surface area contributed by atoms with Crippen LogP contribution in [-0.4, -0.2) is 49.1 Å². The van der Waals surface area contributed by atoms with Crippen molar-refractivity contribution in [2.24, 2.45) is 23.2 Å². The Balaban J connectivity index is 1.03. The molecule has 2 N–H and O–H groups in total. The normalized spacial score (nSPS) is 35.1. The fourth-order valence-corrected chi connectivity index (χ4v) is 9.45. The van der Waals surface area contributed by atoms with E-state index in [1.165, 1.54) is 32.1 Å². The van der Waals surface area contributed by atoms with Crippen molar-refractivity contribution in [1.29, 1.82) is 0 Å². The van der Waals surface area contributed by atoms with Crippen LogP contribution in [0.4, 0.5) is 10.6 Å². The minimum absolute atomic E-state index is 0.120. The monoisotopic (exact) mass is 561 g/mol. The number of nitrogens with zero attached hydrogens (tertiary/aromatic N) is 5. The molecule has 9 heteroatoms. The highest BCUT2D eigenvalue weighted by Crippen LogP contribution is 2.81. The van der Waals surface area contributed by atoms with Gasteiger partial charge in [0.25, 0.3) is 0 Å². The summed E-state index contributed by atoms with van der Waals surface area (Å²) in [6.45, 7) is 2.19. The van der Waals surface area contributed by atoms with Crippen LogP contribution in [0.3, 0.4) is 0 Å². The van der Waals surface area contributed by atoms with Gasteiger partial charge in [0.2, 0.25) is 0 Å². The first-order valence-corrected chi connectivity index (χ1v) is 14.6. The van der Waals surface area contributed by atoms with Crippen molar-refractivity contribution in [3.63, 3.8) is 0 Å². The van der Waals surface area contributed by atoms with Crippen LogP contribution in [0.15, 0.2) is 41.3 Å². The summed E-state index contributed by atoms with van der Waals surface area (Å²) >= 11 is 3.62. The number of carbonyl (C=O) groups is 1. The molecule has 1 saturated heterocycles. The van der Waals surface area contributed by atoms with Crippen molar-refractivity contribution >= 4 is 33.4 Å². The number of halogens is 1. The number of aromatic nitrogens is 4. The fourth-order valence-electron chi connectivity index (χ4n) is 9.10. The van der Waals surface area contributed by atoms with Crippen LogP contribution in [0.5, 0.6) is 0 Å². The van der Waals surface area contributed by atoms with E-state index in [1.807, 2.05) is 16.8 Å². The fraction of sp³-hybridized carbons (Fsp3) is 0.571. The van der Waals surface area contributed by atoms with Crippen molar-refractivity contribution in [2.75, 3.05) is 18.4 Å². The lowest BCUT2D eigenvalue weighted by Gasteiger charge is -2.84. The van der Waals surface area contributed by atoms with Gasteiger partial charge in [0.05, 0.1) is 21.9 Å². The average Bonchev–Trinajstić information content (AvgIpc) is 3.30. The Hall–Kier alpha value is -2.68. The number of piperidine rings is 1. The maximum absolute atomic E-state index is 13.7. The van der Waals surface area contributed by atoms with Crippen molar-refractivity contribution < 1.29 is 4.79 Å². The summed E-state index contributed by atoms with van der Waals surface area (Å²) in [5.74, 6) is 3.47. The Bertz CT molecular complexity index is 1370. The quantitative estimate of drug-likeness (QED) is 0.459. The van der Waals surface area contributed by atoms with Crippen molar-refractivity contribution in [3.8, 4) is 0 Å². The van der Waals surface area contributed by atoms with Crippen LogP contribution in [0.25, 0.3) is 5.65 Å². The molecule has 3 aromatic heterocycles. The van der Waals surface area contributed by atoms with E-state index in [9.17, 15) is 4.79 Å².